The summed E-state index contributed by atoms with van der Waals surface area (Å²) in [6.45, 7) is 18.7. The number of para-hydroxylation sites is 1. The van der Waals surface area contributed by atoms with Crippen molar-refractivity contribution in [3.8, 4) is 39.1 Å². The predicted molar refractivity (Wildman–Crippen MR) is 338 cm³/mol. The highest BCUT2D eigenvalue weighted by Gasteiger charge is 2.39. The first-order valence-electron chi connectivity index (χ1n) is 28.7. The first kappa shape index (κ1) is 48.2. The summed E-state index contributed by atoms with van der Waals surface area (Å²) in [6.07, 6.45) is 6.66. The molecule has 0 atom stereocenters. The van der Waals surface area contributed by atoms with Gasteiger partial charge in [0.1, 0.15) is 0 Å². The summed E-state index contributed by atoms with van der Waals surface area (Å²) in [7, 11) is 0. The summed E-state index contributed by atoms with van der Waals surface area (Å²) in [5.41, 5.74) is 31.7. The molecule has 10 aromatic carbocycles. The van der Waals surface area contributed by atoms with Crippen LogP contribution in [0.4, 0.5) is 28.4 Å². The lowest BCUT2D eigenvalue weighted by Crippen LogP contribution is -2.27. The van der Waals surface area contributed by atoms with E-state index < -0.39 is 0 Å². The monoisotopic (exact) mass is 1030 g/mol. The van der Waals surface area contributed by atoms with Crippen LogP contribution in [0.15, 0.2) is 230 Å². The lowest BCUT2D eigenvalue weighted by atomic mass is 9.74. The molecule has 0 spiro atoms. The van der Waals surface area contributed by atoms with Crippen molar-refractivity contribution in [2.75, 3.05) is 9.80 Å². The van der Waals surface area contributed by atoms with Gasteiger partial charge in [0.15, 0.2) is 0 Å². The number of aryl methyl sites for hydroxylation is 2. The van der Waals surface area contributed by atoms with Crippen LogP contribution in [0.1, 0.15) is 104 Å². The van der Waals surface area contributed by atoms with Crippen LogP contribution in [0.5, 0.6) is 0 Å². The minimum absolute atomic E-state index is 0.0439. The molecule has 3 heteroatoms. The lowest BCUT2D eigenvalue weighted by molar-refractivity contribution is 0.630. The maximum atomic E-state index is 2.55. The van der Waals surface area contributed by atoms with Gasteiger partial charge in [0.05, 0.1) is 16.7 Å². The van der Waals surface area contributed by atoms with Gasteiger partial charge in [-0.05, 0) is 196 Å². The maximum Gasteiger partial charge on any atom is 0.0583 e. The van der Waals surface area contributed by atoms with Gasteiger partial charge in [-0.1, -0.05) is 186 Å². The summed E-state index contributed by atoms with van der Waals surface area (Å²) in [5, 5.41) is 2.48. The quantitative estimate of drug-likeness (QED) is 0.150. The van der Waals surface area contributed by atoms with Crippen molar-refractivity contribution in [2.24, 2.45) is 0 Å². The predicted octanol–water partition coefficient (Wildman–Crippen LogP) is 20.7. The van der Waals surface area contributed by atoms with Gasteiger partial charge >= 0.3 is 0 Å². The molecule has 1 aromatic heterocycles. The van der Waals surface area contributed by atoms with Gasteiger partial charge in [-0.15, -0.1) is 0 Å². The number of rotatable bonds is 8. The van der Waals surface area contributed by atoms with Gasteiger partial charge < -0.3 is 14.4 Å². The summed E-state index contributed by atoms with van der Waals surface area (Å²) in [5.74, 6) is 0. The number of allylic oxidation sites excluding steroid dienone is 4. The van der Waals surface area contributed by atoms with Gasteiger partial charge in [-0.25, -0.2) is 0 Å². The number of aromatic nitrogens is 1. The van der Waals surface area contributed by atoms with E-state index in [4.69, 9.17) is 0 Å². The van der Waals surface area contributed by atoms with E-state index in [0.717, 1.165) is 29.9 Å². The van der Waals surface area contributed by atoms with E-state index in [9.17, 15) is 0 Å². The Bertz CT molecular complexity index is 4440. The molecular formula is C77H65N3. The van der Waals surface area contributed by atoms with Crippen LogP contribution in [0.2, 0.25) is 0 Å². The Morgan fingerprint density at radius 1 is 0.350 bits per heavy atom. The van der Waals surface area contributed by atoms with Crippen LogP contribution < -0.4 is 9.80 Å². The number of fused-ring (bicyclic) bond motifs is 11. The Morgan fingerprint density at radius 2 is 0.838 bits per heavy atom. The minimum atomic E-state index is -0.278. The average molecular weight is 1030 g/mol. The standard InChI is InChI=1S/C77H65N3/c1-48-21-31-54(32-22-48)78(56-35-25-50(26-36-56)52-29-40-62-60-15-9-11-17-66(60)75(3,4)69(62)43-52)58-39-42-72-64(45-58)65-46-59(47-71-74(65)80(72)73-20-14-13-19-68(73)77(71,7)8)79(55-33-23-49(2)24-34-55)57-37-27-51(28-38-57)53-30-41-63-61-16-10-12-18-67(61)76(5,6)70(63)44-53/h9-27,29-37,39-47H,28,38H2,1-8H3. The zero-order valence-electron chi connectivity index (χ0n) is 47.1. The molecule has 80 heavy (non-hydrogen) atoms. The van der Waals surface area contributed by atoms with E-state index in [1.165, 1.54) is 134 Å². The molecule has 3 aliphatic carbocycles. The van der Waals surface area contributed by atoms with Gasteiger partial charge in [-0.2, -0.15) is 0 Å². The van der Waals surface area contributed by atoms with Crippen molar-refractivity contribution < 1.29 is 0 Å². The molecular weight excluding hydrogens is 967 g/mol. The van der Waals surface area contributed by atoms with Gasteiger partial charge in [-0.3, -0.25) is 0 Å². The van der Waals surface area contributed by atoms with E-state index in [0.29, 0.717) is 0 Å². The largest absolute Gasteiger partial charge is 0.314 e. The van der Waals surface area contributed by atoms with Gasteiger partial charge in [0.2, 0.25) is 0 Å². The smallest absolute Gasteiger partial charge is 0.0583 e. The van der Waals surface area contributed by atoms with E-state index in [-0.39, 0.29) is 16.2 Å². The Labute approximate surface area is 471 Å². The molecule has 0 bridgehead atoms. The maximum absolute atomic E-state index is 2.55. The third-order valence-corrected chi connectivity index (χ3v) is 18.8. The summed E-state index contributed by atoms with van der Waals surface area (Å²) in [4.78, 5) is 4.99. The highest BCUT2D eigenvalue weighted by Crippen LogP contribution is 2.54. The average Bonchev–Trinajstić information content (AvgIpc) is 4.18. The van der Waals surface area contributed by atoms with Gasteiger partial charge in [0.25, 0.3) is 0 Å². The highest BCUT2D eigenvalue weighted by molar-refractivity contribution is 6.14. The number of anilines is 5. The summed E-state index contributed by atoms with van der Waals surface area (Å²) in [6, 6.07) is 80.7. The fourth-order valence-electron chi connectivity index (χ4n) is 14.4. The van der Waals surface area contributed by atoms with Gasteiger partial charge in [0, 0.05) is 61.2 Å². The molecule has 11 aromatic rings. The lowest BCUT2D eigenvalue weighted by Gasteiger charge is -2.36. The Kier molecular flexibility index (Phi) is 10.6. The fraction of sp³-hybridized carbons (Fsp3) is 0.169. The molecule has 0 saturated carbocycles. The zero-order valence-corrected chi connectivity index (χ0v) is 47.1. The first-order chi connectivity index (χ1) is 38.7. The molecule has 0 radical (unpaired) electrons. The Balaban J connectivity index is 0.874. The van der Waals surface area contributed by atoms with Crippen LogP contribution in [-0.2, 0) is 16.2 Å². The molecule has 2 heterocycles. The molecule has 0 N–H and O–H groups in total. The van der Waals surface area contributed by atoms with Crippen LogP contribution in [0.3, 0.4) is 0 Å². The molecule has 0 saturated heterocycles. The minimum Gasteiger partial charge on any atom is -0.314 e. The first-order valence-corrected chi connectivity index (χ1v) is 28.7. The Hall–Kier alpha value is -8.92. The van der Waals surface area contributed by atoms with Crippen LogP contribution in [0, 0.1) is 13.8 Å². The molecule has 3 nitrogen and oxygen atoms in total. The number of hydrogen-bond acceptors (Lipinski definition) is 2. The van der Waals surface area contributed by atoms with E-state index >= 15 is 0 Å². The Morgan fingerprint density at radius 3 is 1.45 bits per heavy atom. The number of benzene rings is 10. The zero-order chi connectivity index (χ0) is 54.4. The van der Waals surface area contributed by atoms with Crippen molar-refractivity contribution in [1.82, 2.24) is 4.57 Å². The molecule has 0 unspecified atom stereocenters. The third-order valence-electron chi connectivity index (χ3n) is 18.8. The summed E-state index contributed by atoms with van der Waals surface area (Å²) >= 11 is 0. The van der Waals surface area contributed by atoms with Crippen molar-refractivity contribution in [3.05, 3.63) is 280 Å². The molecule has 388 valence electrons. The number of nitrogens with zero attached hydrogens (tertiary/aromatic N) is 3. The van der Waals surface area contributed by atoms with Crippen molar-refractivity contribution in [2.45, 2.75) is 84.5 Å². The summed E-state index contributed by atoms with van der Waals surface area (Å²) < 4.78 is 2.55. The van der Waals surface area contributed by atoms with Crippen molar-refractivity contribution in [1.29, 1.82) is 0 Å². The van der Waals surface area contributed by atoms with E-state index in [2.05, 4.69) is 294 Å². The second-order valence-corrected chi connectivity index (χ2v) is 24.7. The highest BCUT2D eigenvalue weighted by atomic mass is 15.2. The van der Waals surface area contributed by atoms with Crippen LogP contribution in [0.25, 0.3) is 66.4 Å². The van der Waals surface area contributed by atoms with Crippen molar-refractivity contribution in [3.63, 3.8) is 0 Å². The number of hydrogen-bond donors (Lipinski definition) is 0. The molecule has 0 amide bonds. The van der Waals surface area contributed by atoms with E-state index in [1.807, 2.05) is 0 Å². The third kappa shape index (κ3) is 7.19. The molecule has 4 aliphatic rings. The molecule has 0 fully saturated rings. The van der Waals surface area contributed by atoms with E-state index in [1.54, 1.807) is 0 Å². The second kappa shape index (κ2) is 17.5. The van der Waals surface area contributed by atoms with Crippen molar-refractivity contribution >= 4 is 55.8 Å². The second-order valence-electron chi connectivity index (χ2n) is 24.7. The topological polar surface area (TPSA) is 11.4 Å². The SMILES string of the molecule is Cc1ccc(N(C2=CC=C(c3ccc4c(c3)C(C)(C)c3ccccc3-4)CC2)c2cc3c4c(c2)c2cc(N(c5ccc(C)cc5)c5ccc(-c6ccc7c(c6)C(C)(C)c6ccccc6-7)cc5)ccc2n4-c2ccccc2C3(C)C)cc1. The van der Waals surface area contributed by atoms with Crippen LogP contribution in [-0.4, -0.2) is 4.57 Å². The fourth-order valence-corrected chi connectivity index (χ4v) is 14.4. The van der Waals surface area contributed by atoms with Crippen LogP contribution >= 0.6 is 0 Å². The normalized spacial score (nSPS) is 15.6. The molecule has 15 rings (SSSR count). The molecule has 1 aliphatic heterocycles.